The fourth-order valence-corrected chi connectivity index (χ4v) is 2.50. The molecule has 2 rings (SSSR count). The molecule has 1 N–H and O–H groups in total. The summed E-state index contributed by atoms with van der Waals surface area (Å²) in [5, 5.41) is 3.50. The van der Waals surface area contributed by atoms with Crippen LogP contribution in [0.3, 0.4) is 0 Å². The van der Waals surface area contributed by atoms with Crippen molar-refractivity contribution in [3.63, 3.8) is 0 Å². The van der Waals surface area contributed by atoms with Crippen LogP contribution in [0.25, 0.3) is 0 Å². The fraction of sp³-hybridized carbons (Fsp3) is 0.533. The van der Waals surface area contributed by atoms with Crippen molar-refractivity contribution < 1.29 is 9.53 Å². The lowest BCUT2D eigenvalue weighted by molar-refractivity contribution is 0.0601. The van der Waals surface area contributed by atoms with Gasteiger partial charge in [0.25, 0.3) is 0 Å². The Labute approximate surface area is 114 Å². The second kappa shape index (κ2) is 6.06. The third-order valence-electron chi connectivity index (χ3n) is 3.68. The molecule has 1 fully saturated rings. The number of methoxy groups -OCH3 is 1. The van der Waals surface area contributed by atoms with Crippen LogP contribution in [0.1, 0.15) is 30.6 Å². The summed E-state index contributed by atoms with van der Waals surface area (Å²) in [6.07, 6.45) is 1.13. The van der Waals surface area contributed by atoms with E-state index in [0.717, 1.165) is 25.2 Å². The molecule has 1 aliphatic heterocycles. The molecule has 104 valence electrons. The van der Waals surface area contributed by atoms with Gasteiger partial charge in [-0.1, -0.05) is 0 Å². The second-order valence-corrected chi connectivity index (χ2v) is 5.18. The van der Waals surface area contributed by atoms with Crippen LogP contribution in [-0.4, -0.2) is 38.3 Å². The number of nitrogens with zero attached hydrogens (tertiary/aromatic N) is 1. The highest BCUT2D eigenvalue weighted by Crippen LogP contribution is 2.21. The van der Waals surface area contributed by atoms with Gasteiger partial charge >= 0.3 is 5.97 Å². The fourth-order valence-electron chi connectivity index (χ4n) is 2.50. The third kappa shape index (κ3) is 3.26. The molecule has 0 aliphatic carbocycles. The summed E-state index contributed by atoms with van der Waals surface area (Å²) in [6.45, 7) is 6.49. The summed E-state index contributed by atoms with van der Waals surface area (Å²) in [5.41, 5.74) is 1.76. The highest BCUT2D eigenvalue weighted by atomic mass is 16.5. The van der Waals surface area contributed by atoms with E-state index in [9.17, 15) is 4.79 Å². The van der Waals surface area contributed by atoms with Gasteiger partial charge in [-0.3, -0.25) is 0 Å². The van der Waals surface area contributed by atoms with Crippen molar-refractivity contribution in [1.29, 1.82) is 0 Å². The molecule has 2 unspecified atom stereocenters. The summed E-state index contributed by atoms with van der Waals surface area (Å²) in [7, 11) is 1.40. The highest BCUT2D eigenvalue weighted by molar-refractivity contribution is 5.89. The number of carbonyl (C=O) groups excluding carboxylic acids is 1. The molecule has 1 heterocycles. The molecule has 19 heavy (non-hydrogen) atoms. The zero-order valence-electron chi connectivity index (χ0n) is 11.8. The normalized spacial score (nSPS) is 23.8. The number of hydrogen-bond donors (Lipinski definition) is 1. The monoisotopic (exact) mass is 262 g/mol. The zero-order valence-corrected chi connectivity index (χ0v) is 11.8. The number of anilines is 1. The minimum Gasteiger partial charge on any atom is -0.465 e. The standard InChI is InChI=1S/C15H22N2O2/c1-11-10-17(12(2)8-9-16-11)14-6-4-13(5-7-14)15(18)19-3/h4-7,11-12,16H,8-10H2,1-3H3. The Hall–Kier alpha value is -1.55. The molecule has 0 spiro atoms. The lowest BCUT2D eigenvalue weighted by Crippen LogP contribution is -2.38. The number of carbonyl (C=O) groups is 1. The third-order valence-corrected chi connectivity index (χ3v) is 3.68. The number of benzene rings is 1. The van der Waals surface area contributed by atoms with Crippen LogP contribution in [0.5, 0.6) is 0 Å². The number of esters is 1. The van der Waals surface area contributed by atoms with Crippen molar-refractivity contribution in [2.24, 2.45) is 0 Å². The van der Waals surface area contributed by atoms with Gasteiger partial charge in [0.05, 0.1) is 12.7 Å². The van der Waals surface area contributed by atoms with Gasteiger partial charge in [-0.15, -0.1) is 0 Å². The molecule has 0 aromatic heterocycles. The Morgan fingerprint density at radius 2 is 2.00 bits per heavy atom. The van der Waals surface area contributed by atoms with Crippen molar-refractivity contribution in [1.82, 2.24) is 5.32 Å². The molecule has 4 nitrogen and oxygen atoms in total. The van der Waals surface area contributed by atoms with Crippen LogP contribution in [0.2, 0.25) is 0 Å². The Kier molecular flexibility index (Phi) is 4.43. The number of rotatable bonds is 2. The molecule has 0 radical (unpaired) electrons. The topological polar surface area (TPSA) is 41.6 Å². The van der Waals surface area contributed by atoms with Gasteiger partial charge in [-0.25, -0.2) is 4.79 Å². The lowest BCUT2D eigenvalue weighted by Gasteiger charge is -2.30. The van der Waals surface area contributed by atoms with Gasteiger partial charge in [0.15, 0.2) is 0 Å². The van der Waals surface area contributed by atoms with Gasteiger partial charge in [-0.05, 0) is 51.1 Å². The van der Waals surface area contributed by atoms with E-state index in [2.05, 4.69) is 24.1 Å². The van der Waals surface area contributed by atoms with E-state index in [1.807, 2.05) is 24.3 Å². The first-order valence-corrected chi connectivity index (χ1v) is 6.80. The molecular weight excluding hydrogens is 240 g/mol. The molecule has 1 aromatic rings. The smallest absolute Gasteiger partial charge is 0.337 e. The van der Waals surface area contributed by atoms with Gasteiger partial charge in [-0.2, -0.15) is 0 Å². The van der Waals surface area contributed by atoms with Crippen LogP contribution in [0, 0.1) is 0 Å². The van der Waals surface area contributed by atoms with Crippen LogP contribution < -0.4 is 10.2 Å². The maximum absolute atomic E-state index is 11.4. The molecule has 1 aromatic carbocycles. The van der Waals surface area contributed by atoms with Gasteiger partial charge in [0.2, 0.25) is 0 Å². The largest absolute Gasteiger partial charge is 0.465 e. The maximum Gasteiger partial charge on any atom is 0.337 e. The predicted octanol–water partition coefficient (Wildman–Crippen LogP) is 2.05. The van der Waals surface area contributed by atoms with E-state index in [1.54, 1.807) is 0 Å². The lowest BCUT2D eigenvalue weighted by atomic mass is 10.1. The Morgan fingerprint density at radius 3 is 2.63 bits per heavy atom. The average Bonchev–Trinajstić information content (AvgIpc) is 2.60. The van der Waals surface area contributed by atoms with Gasteiger partial charge < -0.3 is 15.0 Å². The maximum atomic E-state index is 11.4. The van der Waals surface area contributed by atoms with E-state index in [1.165, 1.54) is 7.11 Å². The quantitative estimate of drug-likeness (QED) is 0.828. The summed E-state index contributed by atoms with van der Waals surface area (Å²) < 4.78 is 4.72. The molecule has 1 aliphatic rings. The van der Waals surface area contributed by atoms with Crippen molar-refractivity contribution in [2.45, 2.75) is 32.4 Å². The second-order valence-electron chi connectivity index (χ2n) is 5.18. The Morgan fingerprint density at radius 1 is 1.32 bits per heavy atom. The first-order valence-electron chi connectivity index (χ1n) is 6.80. The van der Waals surface area contributed by atoms with Crippen molar-refractivity contribution in [3.8, 4) is 0 Å². The summed E-state index contributed by atoms with van der Waals surface area (Å²) >= 11 is 0. The van der Waals surface area contributed by atoms with Crippen LogP contribution in [0.4, 0.5) is 5.69 Å². The predicted molar refractivity (Wildman–Crippen MR) is 76.7 cm³/mol. The molecule has 2 atom stereocenters. The zero-order chi connectivity index (χ0) is 13.8. The van der Waals surface area contributed by atoms with Crippen molar-refractivity contribution in [2.75, 3.05) is 25.1 Å². The summed E-state index contributed by atoms with van der Waals surface area (Å²) in [6, 6.07) is 8.64. The minimum absolute atomic E-state index is 0.287. The van der Waals surface area contributed by atoms with Crippen LogP contribution >= 0.6 is 0 Å². The van der Waals surface area contributed by atoms with E-state index >= 15 is 0 Å². The van der Waals surface area contributed by atoms with E-state index in [4.69, 9.17) is 4.74 Å². The molecule has 4 heteroatoms. The highest BCUT2D eigenvalue weighted by Gasteiger charge is 2.20. The molecular formula is C15H22N2O2. The Bertz CT molecular complexity index is 430. The first-order chi connectivity index (χ1) is 9.11. The summed E-state index contributed by atoms with van der Waals surface area (Å²) in [4.78, 5) is 13.8. The minimum atomic E-state index is -0.287. The summed E-state index contributed by atoms with van der Waals surface area (Å²) in [5.74, 6) is -0.287. The van der Waals surface area contributed by atoms with Crippen LogP contribution in [-0.2, 0) is 4.74 Å². The number of ether oxygens (including phenoxy) is 1. The van der Waals surface area contributed by atoms with E-state index < -0.39 is 0 Å². The van der Waals surface area contributed by atoms with Gasteiger partial charge in [0.1, 0.15) is 0 Å². The molecule has 1 saturated heterocycles. The molecule has 0 amide bonds. The van der Waals surface area contributed by atoms with E-state index in [-0.39, 0.29) is 5.97 Å². The van der Waals surface area contributed by atoms with Crippen molar-refractivity contribution >= 4 is 11.7 Å². The van der Waals surface area contributed by atoms with E-state index in [0.29, 0.717) is 17.6 Å². The number of hydrogen-bond acceptors (Lipinski definition) is 4. The Balaban J connectivity index is 2.17. The van der Waals surface area contributed by atoms with Crippen molar-refractivity contribution in [3.05, 3.63) is 29.8 Å². The van der Waals surface area contributed by atoms with Gasteiger partial charge in [0, 0.05) is 24.3 Å². The average molecular weight is 262 g/mol. The number of nitrogens with one attached hydrogen (secondary N) is 1. The first kappa shape index (κ1) is 13.9. The molecule has 0 bridgehead atoms. The van der Waals surface area contributed by atoms with Crippen LogP contribution in [0.15, 0.2) is 24.3 Å². The molecule has 0 saturated carbocycles. The SMILES string of the molecule is COC(=O)c1ccc(N2CC(C)NCCC2C)cc1.